The zero-order valence-electron chi connectivity index (χ0n) is 19.8. The molecule has 0 unspecified atom stereocenters. The van der Waals surface area contributed by atoms with Crippen molar-refractivity contribution in [1.29, 1.82) is 0 Å². The van der Waals surface area contributed by atoms with Crippen LogP contribution in [0.25, 0.3) is 16.6 Å². The normalized spacial score (nSPS) is 17.6. The van der Waals surface area contributed by atoms with Gasteiger partial charge in [0.15, 0.2) is 0 Å². The Kier molecular flexibility index (Phi) is 6.40. The maximum absolute atomic E-state index is 13.5. The average Bonchev–Trinajstić information content (AvgIpc) is 3.39. The SMILES string of the molecule is CC(C)N1CCN(CCN2CCN(c3cn(-c4ccc(F)cc4)c4cc(Cl)ccc34)CC2)C1=O. The van der Waals surface area contributed by atoms with E-state index in [1.807, 2.05) is 21.9 Å². The van der Waals surface area contributed by atoms with Crippen LogP contribution in [0.2, 0.25) is 5.02 Å². The molecule has 180 valence electrons. The maximum atomic E-state index is 13.5. The Morgan fingerprint density at radius 1 is 0.941 bits per heavy atom. The van der Waals surface area contributed by atoms with Crippen LogP contribution >= 0.6 is 11.6 Å². The van der Waals surface area contributed by atoms with E-state index >= 15 is 0 Å². The summed E-state index contributed by atoms with van der Waals surface area (Å²) < 4.78 is 15.6. The Balaban J connectivity index is 1.27. The van der Waals surface area contributed by atoms with Gasteiger partial charge in [-0.15, -0.1) is 0 Å². The number of urea groups is 1. The molecule has 5 rings (SSSR count). The lowest BCUT2D eigenvalue weighted by Gasteiger charge is -2.36. The molecule has 0 aliphatic carbocycles. The number of fused-ring (bicyclic) bond motifs is 1. The molecular weight excluding hydrogens is 453 g/mol. The Bertz CT molecular complexity index is 1170. The quantitative estimate of drug-likeness (QED) is 0.510. The molecule has 8 heteroatoms. The van der Waals surface area contributed by atoms with Crippen molar-refractivity contribution in [3.05, 3.63) is 59.5 Å². The van der Waals surface area contributed by atoms with E-state index in [0.29, 0.717) is 5.02 Å². The summed E-state index contributed by atoms with van der Waals surface area (Å²) in [6.45, 7) is 11.2. The second-order valence-corrected chi connectivity index (χ2v) is 9.84. The van der Waals surface area contributed by atoms with Crippen molar-refractivity contribution in [3.63, 3.8) is 0 Å². The first-order chi connectivity index (χ1) is 16.4. The number of aromatic nitrogens is 1. The molecule has 2 aliphatic rings. The standard InChI is InChI=1S/C26H31ClFN5O/c1-19(2)32-16-15-31(26(32)34)14-11-29-9-12-30(13-10-29)25-18-33(22-6-4-21(28)5-7-22)24-17-20(27)3-8-23(24)25/h3-8,17-19H,9-16H2,1-2H3. The lowest BCUT2D eigenvalue weighted by atomic mass is 10.2. The van der Waals surface area contributed by atoms with Crippen LogP contribution < -0.4 is 4.90 Å². The largest absolute Gasteiger partial charge is 0.367 e. The number of piperazine rings is 1. The fourth-order valence-electron chi connectivity index (χ4n) is 5.01. The van der Waals surface area contributed by atoms with Gasteiger partial charge in [0.25, 0.3) is 0 Å². The molecule has 3 heterocycles. The van der Waals surface area contributed by atoms with E-state index in [-0.39, 0.29) is 17.9 Å². The number of nitrogens with zero attached hydrogens (tertiary/aromatic N) is 5. The molecule has 0 atom stereocenters. The zero-order valence-corrected chi connectivity index (χ0v) is 20.5. The summed E-state index contributed by atoms with van der Waals surface area (Å²) in [6, 6.07) is 12.9. The summed E-state index contributed by atoms with van der Waals surface area (Å²) in [5, 5.41) is 1.82. The number of benzene rings is 2. The molecule has 0 N–H and O–H groups in total. The molecule has 3 aromatic rings. The highest BCUT2D eigenvalue weighted by Crippen LogP contribution is 2.34. The molecule has 1 aromatic heterocycles. The second kappa shape index (κ2) is 9.47. The van der Waals surface area contributed by atoms with Crippen LogP contribution in [0.1, 0.15) is 13.8 Å². The van der Waals surface area contributed by atoms with Crippen molar-refractivity contribution in [2.45, 2.75) is 19.9 Å². The van der Waals surface area contributed by atoms with Crippen molar-refractivity contribution in [3.8, 4) is 5.69 Å². The molecule has 2 amide bonds. The van der Waals surface area contributed by atoms with Gasteiger partial charge in [-0.3, -0.25) is 4.90 Å². The second-order valence-electron chi connectivity index (χ2n) is 9.41. The van der Waals surface area contributed by atoms with Gasteiger partial charge in [-0.1, -0.05) is 11.6 Å². The van der Waals surface area contributed by atoms with Crippen LogP contribution in [0.3, 0.4) is 0 Å². The van der Waals surface area contributed by atoms with Gasteiger partial charge in [0.05, 0.1) is 11.2 Å². The Labute approximate surface area is 205 Å². The minimum absolute atomic E-state index is 0.167. The summed E-state index contributed by atoms with van der Waals surface area (Å²) in [5.41, 5.74) is 3.08. The number of carbonyl (C=O) groups is 1. The number of anilines is 1. The number of amides is 2. The van der Waals surface area contributed by atoms with Crippen LogP contribution in [0.4, 0.5) is 14.9 Å². The zero-order chi connectivity index (χ0) is 23.8. The van der Waals surface area contributed by atoms with Gasteiger partial charge in [0, 0.05) is 80.7 Å². The first-order valence-electron chi connectivity index (χ1n) is 12.0. The van der Waals surface area contributed by atoms with Crippen LogP contribution in [0.5, 0.6) is 0 Å². The Morgan fingerprint density at radius 2 is 1.68 bits per heavy atom. The number of hydrogen-bond donors (Lipinski definition) is 0. The molecule has 6 nitrogen and oxygen atoms in total. The number of carbonyl (C=O) groups excluding carboxylic acids is 1. The third-order valence-corrected chi connectivity index (χ3v) is 7.24. The van der Waals surface area contributed by atoms with Crippen molar-refractivity contribution in [2.75, 3.05) is 57.3 Å². The molecule has 0 saturated carbocycles. The van der Waals surface area contributed by atoms with Gasteiger partial charge in [-0.2, -0.15) is 0 Å². The molecule has 34 heavy (non-hydrogen) atoms. The third kappa shape index (κ3) is 4.46. The fourth-order valence-corrected chi connectivity index (χ4v) is 5.18. The minimum atomic E-state index is -0.248. The predicted molar refractivity (Wildman–Crippen MR) is 136 cm³/mol. The summed E-state index contributed by atoms with van der Waals surface area (Å²) in [7, 11) is 0. The van der Waals surface area contributed by atoms with Crippen molar-refractivity contribution in [2.24, 2.45) is 0 Å². The Morgan fingerprint density at radius 3 is 2.35 bits per heavy atom. The first-order valence-corrected chi connectivity index (χ1v) is 12.4. The molecule has 2 aromatic carbocycles. The first kappa shape index (κ1) is 23.0. The van der Waals surface area contributed by atoms with Crippen molar-refractivity contribution >= 4 is 34.2 Å². The lowest BCUT2D eigenvalue weighted by Crippen LogP contribution is -2.49. The average molecular weight is 484 g/mol. The van der Waals surface area contributed by atoms with Crippen LogP contribution in [-0.4, -0.2) is 83.7 Å². The van der Waals surface area contributed by atoms with Gasteiger partial charge < -0.3 is 19.3 Å². The van der Waals surface area contributed by atoms with Crippen molar-refractivity contribution < 1.29 is 9.18 Å². The molecule has 2 aliphatic heterocycles. The smallest absolute Gasteiger partial charge is 0.320 e. The third-order valence-electron chi connectivity index (χ3n) is 7.00. The van der Waals surface area contributed by atoms with E-state index in [9.17, 15) is 9.18 Å². The van der Waals surface area contributed by atoms with E-state index in [2.05, 4.69) is 40.5 Å². The van der Waals surface area contributed by atoms with E-state index in [0.717, 1.165) is 74.6 Å². The molecule has 0 spiro atoms. The topological polar surface area (TPSA) is 35.0 Å². The van der Waals surface area contributed by atoms with Crippen LogP contribution in [0, 0.1) is 5.82 Å². The van der Waals surface area contributed by atoms with Gasteiger partial charge in [0.1, 0.15) is 5.82 Å². The van der Waals surface area contributed by atoms with E-state index in [4.69, 9.17) is 11.6 Å². The summed E-state index contributed by atoms with van der Waals surface area (Å²) in [5.74, 6) is -0.248. The molecular formula is C26H31ClFN5O. The van der Waals surface area contributed by atoms with E-state index < -0.39 is 0 Å². The molecule has 2 saturated heterocycles. The highest BCUT2D eigenvalue weighted by Gasteiger charge is 2.30. The number of hydrogen-bond acceptors (Lipinski definition) is 3. The van der Waals surface area contributed by atoms with E-state index in [1.165, 1.54) is 12.1 Å². The maximum Gasteiger partial charge on any atom is 0.320 e. The molecule has 2 fully saturated rings. The summed E-state index contributed by atoms with van der Waals surface area (Å²) in [4.78, 5) is 21.3. The lowest BCUT2D eigenvalue weighted by molar-refractivity contribution is 0.173. The van der Waals surface area contributed by atoms with Gasteiger partial charge in [-0.25, -0.2) is 9.18 Å². The highest BCUT2D eigenvalue weighted by molar-refractivity contribution is 6.31. The number of rotatable bonds is 6. The summed E-state index contributed by atoms with van der Waals surface area (Å²) >= 11 is 6.32. The predicted octanol–water partition coefficient (Wildman–Crippen LogP) is 4.69. The Hall–Kier alpha value is -2.77. The molecule has 0 bridgehead atoms. The van der Waals surface area contributed by atoms with Gasteiger partial charge in [0.2, 0.25) is 0 Å². The summed E-state index contributed by atoms with van der Waals surface area (Å²) in [6.07, 6.45) is 2.13. The van der Waals surface area contributed by atoms with Crippen molar-refractivity contribution in [1.82, 2.24) is 19.3 Å². The highest BCUT2D eigenvalue weighted by atomic mass is 35.5. The molecule has 0 radical (unpaired) electrons. The van der Waals surface area contributed by atoms with E-state index in [1.54, 1.807) is 12.1 Å². The number of halogens is 2. The fraction of sp³-hybridized carbons (Fsp3) is 0.423. The minimum Gasteiger partial charge on any atom is -0.367 e. The monoisotopic (exact) mass is 483 g/mol. The van der Waals surface area contributed by atoms with Gasteiger partial charge >= 0.3 is 6.03 Å². The van der Waals surface area contributed by atoms with Crippen LogP contribution in [-0.2, 0) is 0 Å². The van der Waals surface area contributed by atoms with Gasteiger partial charge in [-0.05, 0) is 56.3 Å². The van der Waals surface area contributed by atoms with Crippen LogP contribution in [0.15, 0.2) is 48.7 Å².